The van der Waals surface area contributed by atoms with Crippen LogP contribution < -0.4 is 5.56 Å². The van der Waals surface area contributed by atoms with Crippen LogP contribution in [-0.2, 0) is 18.6 Å². The Labute approximate surface area is 204 Å². The van der Waals surface area contributed by atoms with Crippen LogP contribution in [0.15, 0.2) is 46.6 Å². The molecule has 3 aromatic heterocycles. The summed E-state index contributed by atoms with van der Waals surface area (Å²) in [5.41, 5.74) is 2.51. The van der Waals surface area contributed by atoms with E-state index in [-0.39, 0.29) is 23.1 Å². The summed E-state index contributed by atoms with van der Waals surface area (Å²) in [6, 6.07) is 12.3. The Morgan fingerprint density at radius 2 is 1.97 bits per heavy atom. The average molecular weight is 479 g/mol. The summed E-state index contributed by atoms with van der Waals surface area (Å²) in [6.45, 7) is 14.1. The highest BCUT2D eigenvalue weighted by Gasteiger charge is 2.34. The lowest BCUT2D eigenvalue weighted by atomic mass is 9.97. The minimum absolute atomic E-state index is 0.0523. The maximum absolute atomic E-state index is 13.1. The topological polar surface area (TPSA) is 79.7 Å². The molecule has 8 heteroatoms. The van der Waals surface area contributed by atoms with E-state index in [0.717, 1.165) is 28.7 Å². The molecule has 0 radical (unpaired) electrons. The monoisotopic (exact) mass is 478 g/mol. The lowest BCUT2D eigenvalue weighted by molar-refractivity contribution is 0.119. The second-order valence-corrected chi connectivity index (χ2v) is 11.0. The molecule has 0 amide bonds. The third kappa shape index (κ3) is 4.98. The van der Waals surface area contributed by atoms with Crippen LogP contribution in [0.1, 0.15) is 68.9 Å². The first-order chi connectivity index (χ1) is 16.2. The Morgan fingerprint density at radius 3 is 2.65 bits per heavy atom. The number of rotatable bonds is 9. The molecule has 0 aliphatic heterocycles. The van der Waals surface area contributed by atoms with Gasteiger partial charge in [0.25, 0.3) is 5.56 Å². The third-order valence-corrected chi connectivity index (χ3v) is 7.47. The second kappa shape index (κ2) is 9.80. The number of aryl methyl sites for hydroxylation is 1. The van der Waals surface area contributed by atoms with Crippen molar-refractivity contribution in [2.75, 3.05) is 0 Å². The van der Waals surface area contributed by atoms with Gasteiger partial charge in [-0.25, -0.2) is 4.68 Å². The van der Waals surface area contributed by atoms with Gasteiger partial charge in [0.15, 0.2) is 5.82 Å². The number of nitrogens with zero attached hydrogens (tertiary/aromatic N) is 5. The van der Waals surface area contributed by atoms with Gasteiger partial charge in [0, 0.05) is 29.0 Å². The molecule has 1 unspecified atom stereocenters. The number of tetrazole rings is 1. The van der Waals surface area contributed by atoms with Gasteiger partial charge in [-0.1, -0.05) is 38.5 Å². The molecule has 180 valence electrons. The number of thiophene rings is 1. The standard InChI is InChI=1S/C26H34N6OS/c1-7-26(5,6)32-24(28-29-30-32)23(17(2)3)31(16-21-9-8-12-34-21)15-20-14-19-13-18(4)10-11-22(19)27-25(20)33/h8-14,17,23H,7,15-16H2,1-6H3,(H,27,33). The Kier molecular flexibility index (Phi) is 7.00. The van der Waals surface area contributed by atoms with Gasteiger partial charge >= 0.3 is 0 Å². The van der Waals surface area contributed by atoms with E-state index >= 15 is 0 Å². The third-order valence-electron chi connectivity index (χ3n) is 6.61. The lowest BCUT2D eigenvalue weighted by Crippen LogP contribution is -2.38. The first-order valence-corrected chi connectivity index (χ1v) is 12.8. The van der Waals surface area contributed by atoms with Crippen molar-refractivity contribution >= 4 is 22.2 Å². The van der Waals surface area contributed by atoms with Gasteiger partial charge in [-0.2, -0.15) is 0 Å². The molecule has 0 bridgehead atoms. The second-order valence-electron chi connectivity index (χ2n) is 10.0. The van der Waals surface area contributed by atoms with Crippen molar-refractivity contribution in [2.24, 2.45) is 5.92 Å². The molecule has 1 atom stereocenters. The molecule has 0 saturated carbocycles. The van der Waals surface area contributed by atoms with Gasteiger partial charge < -0.3 is 4.98 Å². The number of aromatic amines is 1. The molecule has 1 N–H and O–H groups in total. The van der Waals surface area contributed by atoms with Crippen LogP contribution in [0, 0.1) is 12.8 Å². The highest BCUT2D eigenvalue weighted by molar-refractivity contribution is 7.09. The minimum Gasteiger partial charge on any atom is -0.322 e. The molecule has 3 heterocycles. The molecule has 34 heavy (non-hydrogen) atoms. The molecule has 0 spiro atoms. The SMILES string of the molecule is CCC(C)(C)n1nnnc1C(C(C)C)N(Cc1cccs1)Cc1cc2cc(C)ccc2[nH]c1=O. The van der Waals surface area contributed by atoms with Crippen molar-refractivity contribution in [3.63, 3.8) is 0 Å². The molecular formula is C26H34N6OS. The summed E-state index contributed by atoms with van der Waals surface area (Å²) >= 11 is 1.73. The minimum atomic E-state index is -0.210. The highest BCUT2D eigenvalue weighted by atomic mass is 32.1. The van der Waals surface area contributed by atoms with Crippen molar-refractivity contribution in [3.8, 4) is 0 Å². The summed E-state index contributed by atoms with van der Waals surface area (Å²) in [7, 11) is 0. The van der Waals surface area contributed by atoms with Crippen molar-refractivity contribution < 1.29 is 0 Å². The first kappa shape index (κ1) is 24.3. The van der Waals surface area contributed by atoms with Gasteiger partial charge in [-0.15, -0.1) is 16.4 Å². The Balaban J connectivity index is 1.80. The van der Waals surface area contributed by atoms with Gasteiger partial charge in [-0.05, 0) is 78.6 Å². The Hall–Kier alpha value is -2.84. The van der Waals surface area contributed by atoms with Crippen LogP contribution in [-0.4, -0.2) is 30.1 Å². The predicted molar refractivity (Wildman–Crippen MR) is 138 cm³/mol. The van der Waals surface area contributed by atoms with Crippen molar-refractivity contribution in [1.29, 1.82) is 0 Å². The van der Waals surface area contributed by atoms with E-state index in [1.165, 1.54) is 10.4 Å². The lowest BCUT2D eigenvalue weighted by Gasteiger charge is -2.35. The maximum atomic E-state index is 13.1. The number of benzene rings is 1. The van der Waals surface area contributed by atoms with Crippen molar-refractivity contribution in [1.82, 2.24) is 30.1 Å². The van der Waals surface area contributed by atoms with E-state index in [2.05, 4.69) is 90.5 Å². The average Bonchev–Trinajstić information content (AvgIpc) is 3.47. The number of hydrogen-bond acceptors (Lipinski definition) is 6. The summed E-state index contributed by atoms with van der Waals surface area (Å²) in [5, 5.41) is 16.1. The van der Waals surface area contributed by atoms with E-state index in [1.807, 2.05) is 22.9 Å². The Morgan fingerprint density at radius 1 is 1.18 bits per heavy atom. The molecule has 0 aliphatic rings. The molecule has 4 aromatic rings. The first-order valence-electron chi connectivity index (χ1n) is 11.9. The zero-order valence-electron chi connectivity index (χ0n) is 20.9. The Bertz CT molecular complexity index is 1300. The van der Waals surface area contributed by atoms with E-state index in [1.54, 1.807) is 11.3 Å². The summed E-state index contributed by atoms with van der Waals surface area (Å²) in [4.78, 5) is 19.7. The normalized spacial score (nSPS) is 13.3. The molecular weight excluding hydrogens is 444 g/mol. The van der Waals surface area contributed by atoms with Crippen molar-refractivity contribution in [2.45, 2.75) is 72.6 Å². The number of fused-ring (bicyclic) bond motifs is 1. The number of nitrogens with one attached hydrogen (secondary N) is 1. The molecule has 1 aromatic carbocycles. The zero-order chi connectivity index (χ0) is 24.5. The van der Waals surface area contributed by atoms with Gasteiger partial charge in [0.1, 0.15) is 0 Å². The zero-order valence-corrected chi connectivity index (χ0v) is 21.7. The van der Waals surface area contributed by atoms with E-state index < -0.39 is 0 Å². The highest BCUT2D eigenvalue weighted by Crippen LogP contribution is 2.33. The number of aromatic nitrogens is 5. The van der Waals surface area contributed by atoms with Gasteiger partial charge in [0.05, 0.1) is 11.6 Å². The van der Waals surface area contributed by atoms with Crippen molar-refractivity contribution in [3.05, 3.63) is 74.0 Å². The van der Waals surface area contributed by atoms with Crippen LogP contribution in [0.2, 0.25) is 0 Å². The number of H-pyrrole nitrogens is 1. The molecule has 0 saturated heterocycles. The summed E-state index contributed by atoms with van der Waals surface area (Å²) in [5.74, 6) is 1.07. The molecule has 0 fully saturated rings. The maximum Gasteiger partial charge on any atom is 0.252 e. The largest absolute Gasteiger partial charge is 0.322 e. The van der Waals surface area contributed by atoms with Crippen LogP contribution in [0.5, 0.6) is 0 Å². The van der Waals surface area contributed by atoms with E-state index in [4.69, 9.17) is 0 Å². The van der Waals surface area contributed by atoms with E-state index in [9.17, 15) is 4.79 Å². The molecule has 4 rings (SSSR count). The fourth-order valence-corrected chi connectivity index (χ4v) is 5.13. The molecule has 7 nitrogen and oxygen atoms in total. The number of hydrogen-bond donors (Lipinski definition) is 1. The van der Waals surface area contributed by atoms with Crippen LogP contribution in [0.25, 0.3) is 10.9 Å². The predicted octanol–water partition coefficient (Wildman–Crippen LogP) is 5.43. The van der Waals surface area contributed by atoms with Crippen LogP contribution >= 0.6 is 11.3 Å². The van der Waals surface area contributed by atoms with Crippen LogP contribution in [0.3, 0.4) is 0 Å². The summed E-state index contributed by atoms with van der Waals surface area (Å²) < 4.78 is 1.97. The fourth-order valence-electron chi connectivity index (χ4n) is 4.41. The fraction of sp³-hybridized carbons (Fsp3) is 0.462. The van der Waals surface area contributed by atoms with E-state index in [0.29, 0.717) is 13.1 Å². The molecule has 0 aliphatic carbocycles. The smallest absolute Gasteiger partial charge is 0.252 e. The van der Waals surface area contributed by atoms with Gasteiger partial charge in [-0.3, -0.25) is 9.69 Å². The van der Waals surface area contributed by atoms with Gasteiger partial charge in [0.2, 0.25) is 0 Å². The van der Waals surface area contributed by atoms with Crippen LogP contribution in [0.4, 0.5) is 0 Å². The quantitative estimate of drug-likeness (QED) is 0.347. The number of pyridine rings is 1. The summed E-state index contributed by atoms with van der Waals surface area (Å²) in [6.07, 6.45) is 0.907.